The van der Waals surface area contributed by atoms with Gasteiger partial charge in [0.25, 0.3) is 0 Å². The van der Waals surface area contributed by atoms with E-state index in [2.05, 4.69) is 4.94 Å². The minimum atomic E-state index is -2.10. The number of hydrogen-bond donors (Lipinski definition) is 0. The van der Waals surface area contributed by atoms with Gasteiger partial charge < -0.3 is 18.9 Å². The van der Waals surface area contributed by atoms with Gasteiger partial charge in [0, 0.05) is 0 Å². The Morgan fingerprint density at radius 2 is 1.76 bits per heavy atom. The zero-order valence-electron chi connectivity index (χ0n) is 14.7. The zero-order chi connectivity index (χ0) is 18.1. The van der Waals surface area contributed by atoms with E-state index in [1.54, 1.807) is 42.5 Å². The largest absolute Gasteiger partial charge is 0.493 e. The van der Waals surface area contributed by atoms with Gasteiger partial charge in [-0.1, -0.05) is 31.2 Å². The van der Waals surface area contributed by atoms with Gasteiger partial charge in [-0.15, -0.1) is 4.94 Å². The molecule has 0 aliphatic rings. The second-order valence-electron chi connectivity index (χ2n) is 5.17. The van der Waals surface area contributed by atoms with Crippen molar-refractivity contribution < 1.29 is 28.4 Å². The Balaban J connectivity index is 2.54. The van der Waals surface area contributed by atoms with Gasteiger partial charge in [-0.2, -0.15) is 0 Å². The number of methoxy groups -OCH3 is 1. The monoisotopic (exact) mass is 350 g/mol. The molecule has 0 heterocycles. The molecular weight excluding hydrogens is 327 g/mol. The summed E-state index contributed by atoms with van der Waals surface area (Å²) >= 11 is 0. The Labute approximate surface area is 147 Å². The predicted molar refractivity (Wildman–Crippen MR) is 91.3 cm³/mol. The molecule has 0 saturated carbocycles. The Bertz CT molecular complexity index is 650. The molecule has 0 N–H and O–H groups in total. The van der Waals surface area contributed by atoms with Crippen LogP contribution in [0.4, 0.5) is 4.53 Å². The third-order valence-corrected chi connectivity index (χ3v) is 3.41. The Kier molecular flexibility index (Phi) is 7.03. The quantitative estimate of drug-likeness (QED) is 0.586. The first kappa shape index (κ1) is 19.0. The van der Waals surface area contributed by atoms with E-state index < -0.39 is 5.97 Å². The van der Waals surface area contributed by atoms with Gasteiger partial charge in [0.2, 0.25) is 0 Å². The molecule has 0 aliphatic heterocycles. The van der Waals surface area contributed by atoms with E-state index in [-0.39, 0.29) is 12.2 Å². The maximum atomic E-state index is 13.8. The van der Waals surface area contributed by atoms with Crippen molar-refractivity contribution in [2.45, 2.75) is 26.2 Å². The third kappa shape index (κ3) is 4.41. The van der Waals surface area contributed by atoms with Crippen molar-refractivity contribution in [1.82, 2.24) is 0 Å². The van der Waals surface area contributed by atoms with E-state index in [9.17, 15) is 4.53 Å². The van der Waals surface area contributed by atoms with Crippen LogP contribution in [-0.4, -0.2) is 20.3 Å². The molecule has 2 aromatic carbocycles. The average molecular weight is 350 g/mol. The molecule has 25 heavy (non-hydrogen) atoms. The van der Waals surface area contributed by atoms with Crippen molar-refractivity contribution in [2.75, 3.05) is 20.3 Å². The average Bonchev–Trinajstić information content (AvgIpc) is 2.66. The lowest BCUT2D eigenvalue weighted by atomic mass is 10.1. The molecule has 0 aliphatic carbocycles. The third-order valence-electron chi connectivity index (χ3n) is 3.41. The topological polar surface area (TPSA) is 46.2 Å². The molecule has 2 rings (SSSR count). The van der Waals surface area contributed by atoms with Gasteiger partial charge in [0.1, 0.15) is 11.3 Å². The number of hydrogen-bond acceptors (Lipinski definition) is 5. The minimum absolute atomic E-state index is 0.222. The highest BCUT2D eigenvalue weighted by Gasteiger charge is 2.43. The molecular formula is C19H23FO5. The first-order valence-electron chi connectivity index (χ1n) is 8.18. The maximum Gasteiger partial charge on any atom is 0.392 e. The molecule has 0 bridgehead atoms. The lowest BCUT2D eigenvalue weighted by Crippen LogP contribution is -2.38. The van der Waals surface area contributed by atoms with Crippen molar-refractivity contribution >= 4 is 0 Å². The van der Waals surface area contributed by atoms with Crippen LogP contribution >= 0.6 is 0 Å². The molecule has 136 valence electrons. The van der Waals surface area contributed by atoms with Crippen molar-refractivity contribution in [3.05, 3.63) is 54.1 Å². The first-order chi connectivity index (χ1) is 12.2. The number of ether oxygens (including phenoxy) is 4. The summed E-state index contributed by atoms with van der Waals surface area (Å²) in [5.41, 5.74) is 0.244. The summed E-state index contributed by atoms with van der Waals surface area (Å²) in [5.74, 6) is -0.979. The van der Waals surface area contributed by atoms with Gasteiger partial charge in [-0.25, -0.2) is 0 Å². The molecule has 2 aromatic rings. The molecule has 1 unspecified atom stereocenters. The summed E-state index contributed by atoms with van der Waals surface area (Å²) in [6, 6.07) is 13.8. The summed E-state index contributed by atoms with van der Waals surface area (Å²) in [7, 11) is 1.50. The SMILES string of the molecule is CCCOC(OF)(Oc1ccccc1)c1cccc(OC)c1OCC. The Morgan fingerprint density at radius 1 is 1.00 bits per heavy atom. The number of para-hydroxylation sites is 2. The van der Waals surface area contributed by atoms with Crippen molar-refractivity contribution in [1.29, 1.82) is 0 Å². The fourth-order valence-electron chi connectivity index (χ4n) is 2.33. The van der Waals surface area contributed by atoms with Crippen molar-refractivity contribution in [3.8, 4) is 17.2 Å². The number of benzene rings is 2. The summed E-state index contributed by atoms with van der Waals surface area (Å²) in [6.45, 7) is 4.30. The van der Waals surface area contributed by atoms with Crippen molar-refractivity contribution in [3.63, 3.8) is 0 Å². The van der Waals surface area contributed by atoms with Crippen LogP contribution in [0, 0.1) is 0 Å². The second-order valence-corrected chi connectivity index (χ2v) is 5.17. The van der Waals surface area contributed by atoms with Crippen LogP contribution in [0.3, 0.4) is 0 Å². The lowest BCUT2D eigenvalue weighted by molar-refractivity contribution is -0.436. The standard InChI is InChI=1S/C19H23FO5/c1-4-14-23-19(25-20,24-15-10-7-6-8-11-15)16-12-9-13-17(21-3)18(16)22-5-2/h6-13H,4-5,14H2,1-3H3. The highest BCUT2D eigenvalue weighted by atomic mass is 19.3. The van der Waals surface area contributed by atoms with Gasteiger partial charge in [0.05, 0.1) is 20.3 Å². The summed E-state index contributed by atoms with van der Waals surface area (Å²) < 4.78 is 36.2. The van der Waals surface area contributed by atoms with Crippen LogP contribution in [-0.2, 0) is 15.7 Å². The van der Waals surface area contributed by atoms with Gasteiger partial charge in [0.15, 0.2) is 11.5 Å². The van der Waals surface area contributed by atoms with Crippen LogP contribution in [0.5, 0.6) is 17.2 Å². The molecule has 0 aromatic heterocycles. The van der Waals surface area contributed by atoms with Crippen LogP contribution in [0.2, 0.25) is 0 Å². The van der Waals surface area contributed by atoms with Crippen LogP contribution < -0.4 is 14.2 Å². The molecule has 0 fully saturated rings. The van der Waals surface area contributed by atoms with Crippen LogP contribution in [0.1, 0.15) is 25.8 Å². The lowest BCUT2D eigenvalue weighted by Gasteiger charge is -2.31. The molecule has 0 saturated heterocycles. The predicted octanol–water partition coefficient (Wildman–Crippen LogP) is 4.61. The summed E-state index contributed by atoms with van der Waals surface area (Å²) in [5, 5.41) is 0. The fourth-order valence-corrected chi connectivity index (χ4v) is 2.33. The second kappa shape index (κ2) is 9.25. The Hall–Kier alpha value is -2.31. The molecule has 0 spiro atoms. The zero-order valence-corrected chi connectivity index (χ0v) is 14.7. The Morgan fingerprint density at radius 3 is 2.36 bits per heavy atom. The highest BCUT2D eigenvalue weighted by Crippen LogP contribution is 2.42. The van der Waals surface area contributed by atoms with E-state index in [1.807, 2.05) is 19.9 Å². The molecule has 6 heteroatoms. The van der Waals surface area contributed by atoms with Crippen LogP contribution in [0.15, 0.2) is 48.5 Å². The summed E-state index contributed by atoms with van der Waals surface area (Å²) in [6.07, 6.45) is 0.650. The smallest absolute Gasteiger partial charge is 0.392 e. The number of rotatable bonds is 10. The van der Waals surface area contributed by atoms with Gasteiger partial charge in [-0.3, -0.25) is 0 Å². The molecule has 0 amide bonds. The van der Waals surface area contributed by atoms with Crippen LogP contribution in [0.25, 0.3) is 0 Å². The summed E-state index contributed by atoms with van der Waals surface area (Å²) in [4.78, 5) is 4.24. The fraction of sp³-hybridized carbons (Fsp3) is 0.368. The molecule has 0 radical (unpaired) electrons. The van der Waals surface area contributed by atoms with Gasteiger partial charge in [-0.05, 0) is 42.1 Å². The van der Waals surface area contributed by atoms with Crippen molar-refractivity contribution in [2.24, 2.45) is 0 Å². The minimum Gasteiger partial charge on any atom is -0.493 e. The van der Waals surface area contributed by atoms with E-state index >= 15 is 0 Å². The van der Waals surface area contributed by atoms with E-state index in [0.717, 1.165) is 0 Å². The molecule has 5 nitrogen and oxygen atoms in total. The maximum absolute atomic E-state index is 13.8. The van der Waals surface area contributed by atoms with E-state index in [4.69, 9.17) is 18.9 Å². The van der Waals surface area contributed by atoms with E-state index in [0.29, 0.717) is 30.3 Å². The highest BCUT2D eigenvalue weighted by molar-refractivity contribution is 5.48. The van der Waals surface area contributed by atoms with E-state index in [1.165, 1.54) is 7.11 Å². The number of halogens is 1. The van der Waals surface area contributed by atoms with Gasteiger partial charge >= 0.3 is 5.97 Å². The molecule has 1 atom stereocenters. The normalized spacial score (nSPS) is 13.1. The first-order valence-corrected chi connectivity index (χ1v) is 8.18.